The molecule has 4 aromatic rings. The van der Waals surface area contributed by atoms with Gasteiger partial charge in [-0.1, -0.05) is 76.9 Å². The van der Waals surface area contributed by atoms with Gasteiger partial charge in [0.15, 0.2) is 0 Å². The van der Waals surface area contributed by atoms with E-state index in [1.807, 2.05) is 36.4 Å². The summed E-state index contributed by atoms with van der Waals surface area (Å²) in [6.45, 7) is 10.4. The average molecular weight is 684 g/mol. The summed E-state index contributed by atoms with van der Waals surface area (Å²) in [5, 5.41) is 41.6. The van der Waals surface area contributed by atoms with Crippen molar-refractivity contribution in [3.8, 4) is 11.5 Å². The maximum atomic E-state index is 10.9. The molecule has 0 aliphatic carbocycles. The minimum absolute atomic E-state index is 0. The maximum absolute atomic E-state index is 10.9. The summed E-state index contributed by atoms with van der Waals surface area (Å²) in [6.07, 6.45) is 9.00. The predicted molar refractivity (Wildman–Crippen MR) is 183 cm³/mol. The first-order chi connectivity index (χ1) is 21.9. The van der Waals surface area contributed by atoms with Crippen LogP contribution in [-0.4, -0.2) is 34.6 Å². The Balaban J connectivity index is 0.00000110. The predicted octanol–water partition coefficient (Wildman–Crippen LogP) is 6.29. The van der Waals surface area contributed by atoms with E-state index in [1.165, 1.54) is 11.1 Å². The van der Waals surface area contributed by atoms with Crippen molar-refractivity contribution in [2.75, 3.05) is 0 Å². The number of phenolic OH excluding ortho intramolecular Hbond substituents is 2. The summed E-state index contributed by atoms with van der Waals surface area (Å²) >= 11 is 0. The van der Waals surface area contributed by atoms with Gasteiger partial charge in [0, 0.05) is 35.5 Å². The van der Waals surface area contributed by atoms with E-state index in [1.54, 1.807) is 12.4 Å². The molecule has 4 rings (SSSR count). The SMILES string of the molecule is CC(=O)[O-].CC(=O)[O-].CCCc1cc(C=Nc2cc3ccccc3cc2N=Cc2cc(CCC)cc(CC)c2O)c(O)c(CC)c1.[Co+2]. The van der Waals surface area contributed by atoms with Gasteiger partial charge in [0.2, 0.25) is 0 Å². The molecule has 0 aliphatic heterocycles. The van der Waals surface area contributed by atoms with Crippen LogP contribution in [0.2, 0.25) is 0 Å². The monoisotopic (exact) mass is 683 g/mol. The Morgan fingerprint density at radius 2 is 1.00 bits per heavy atom. The Kier molecular flexibility index (Phi) is 17.8. The number of carbonyl (C=O) groups is 2. The van der Waals surface area contributed by atoms with Crippen molar-refractivity contribution in [2.24, 2.45) is 9.98 Å². The quantitative estimate of drug-likeness (QED) is 0.188. The first-order valence-corrected chi connectivity index (χ1v) is 15.6. The van der Waals surface area contributed by atoms with Crippen molar-refractivity contribution in [3.05, 3.63) is 94.0 Å². The number of hydrogen-bond donors (Lipinski definition) is 2. The number of carboxylic acid groups (broad SMARTS) is 2. The zero-order valence-corrected chi connectivity index (χ0v) is 29.0. The van der Waals surface area contributed by atoms with Crippen molar-refractivity contribution in [2.45, 2.75) is 80.1 Å². The molecule has 9 heteroatoms. The zero-order chi connectivity index (χ0) is 34.2. The molecule has 0 aromatic heterocycles. The van der Waals surface area contributed by atoms with Gasteiger partial charge in [-0.15, -0.1) is 0 Å². The number of phenols is 2. The Labute approximate surface area is 288 Å². The molecule has 0 amide bonds. The van der Waals surface area contributed by atoms with Gasteiger partial charge in [0.05, 0.1) is 11.4 Å². The van der Waals surface area contributed by atoms with Crippen LogP contribution in [-0.2, 0) is 52.1 Å². The number of hydrogen-bond acceptors (Lipinski definition) is 8. The number of rotatable bonds is 10. The third kappa shape index (κ3) is 13.0. The third-order valence-electron chi connectivity index (χ3n) is 6.92. The maximum Gasteiger partial charge on any atom is 2.00 e. The van der Waals surface area contributed by atoms with Crippen LogP contribution in [0.3, 0.4) is 0 Å². The summed E-state index contributed by atoms with van der Waals surface area (Å²) < 4.78 is 0. The van der Waals surface area contributed by atoms with Crippen molar-refractivity contribution in [1.82, 2.24) is 0 Å². The summed E-state index contributed by atoms with van der Waals surface area (Å²) in [5.41, 5.74) is 7.12. The van der Waals surface area contributed by atoms with Gasteiger partial charge >= 0.3 is 16.8 Å². The van der Waals surface area contributed by atoms with E-state index >= 15 is 0 Å². The van der Waals surface area contributed by atoms with Gasteiger partial charge in [0.1, 0.15) is 11.5 Å². The van der Waals surface area contributed by atoms with Gasteiger partial charge < -0.3 is 30.0 Å². The van der Waals surface area contributed by atoms with Crippen LogP contribution in [0.4, 0.5) is 11.4 Å². The number of carbonyl (C=O) groups excluding carboxylic acids is 2. The van der Waals surface area contributed by atoms with Gasteiger partial charge in [-0.3, -0.25) is 9.98 Å². The van der Waals surface area contributed by atoms with E-state index in [2.05, 4.69) is 52.0 Å². The topological polar surface area (TPSA) is 145 Å². The molecule has 0 saturated heterocycles. The van der Waals surface area contributed by atoms with Crippen LogP contribution in [0.5, 0.6) is 11.5 Å². The number of aliphatic carboxylic acids is 2. The number of carboxylic acids is 2. The van der Waals surface area contributed by atoms with Crippen molar-refractivity contribution < 1.29 is 46.8 Å². The fourth-order valence-corrected chi connectivity index (χ4v) is 4.88. The van der Waals surface area contributed by atoms with Crippen molar-refractivity contribution in [1.29, 1.82) is 0 Å². The molecular formula is C38H44CoN2O6. The van der Waals surface area contributed by atoms with E-state index in [9.17, 15) is 10.2 Å². The van der Waals surface area contributed by atoms with Crippen LogP contribution in [0.15, 0.2) is 70.6 Å². The molecule has 1 radical (unpaired) electrons. The molecule has 0 saturated carbocycles. The molecule has 4 aromatic carbocycles. The first kappa shape index (κ1) is 40.6. The summed E-state index contributed by atoms with van der Waals surface area (Å²) in [4.78, 5) is 27.4. The molecule has 0 fully saturated rings. The number of aryl methyl sites for hydroxylation is 4. The Morgan fingerprint density at radius 1 is 0.660 bits per heavy atom. The second kappa shape index (κ2) is 20.6. The van der Waals surface area contributed by atoms with Gasteiger partial charge in [0.25, 0.3) is 0 Å². The number of fused-ring (bicyclic) bond motifs is 1. The normalized spacial score (nSPS) is 10.6. The van der Waals surface area contributed by atoms with Crippen LogP contribution in [0.1, 0.15) is 87.8 Å². The van der Waals surface area contributed by atoms with Gasteiger partial charge in [-0.25, -0.2) is 0 Å². The Hall–Kier alpha value is -4.47. The summed E-state index contributed by atoms with van der Waals surface area (Å²) in [7, 11) is 0. The van der Waals surface area contributed by atoms with Crippen LogP contribution in [0.25, 0.3) is 10.8 Å². The van der Waals surface area contributed by atoms with E-state index in [4.69, 9.17) is 29.8 Å². The van der Waals surface area contributed by atoms with Crippen molar-refractivity contribution in [3.63, 3.8) is 0 Å². The fraction of sp³-hybridized carbons (Fsp3) is 0.316. The summed E-state index contributed by atoms with van der Waals surface area (Å²) in [6, 6.07) is 20.4. The largest absolute Gasteiger partial charge is 2.00 e. The molecule has 0 atom stereocenters. The van der Waals surface area contributed by atoms with E-state index in [0.29, 0.717) is 22.5 Å². The number of benzene rings is 4. The minimum atomic E-state index is -1.08. The third-order valence-corrected chi connectivity index (χ3v) is 6.92. The van der Waals surface area contributed by atoms with Crippen molar-refractivity contribution >= 4 is 46.5 Å². The van der Waals surface area contributed by atoms with E-state index in [-0.39, 0.29) is 28.3 Å². The van der Waals surface area contributed by atoms with E-state index < -0.39 is 11.9 Å². The summed E-state index contributed by atoms with van der Waals surface area (Å²) in [5.74, 6) is -1.60. The van der Waals surface area contributed by atoms with Gasteiger partial charge in [-0.05, 0) is 96.8 Å². The molecule has 2 N–H and O–H groups in total. The van der Waals surface area contributed by atoms with Crippen LogP contribution < -0.4 is 10.2 Å². The standard InChI is InChI=1S/C34H38N2O2.2C2H4O2.Co/c1-5-11-23-15-25(7-3)33(37)29(17-23)21-35-31-19-27-13-9-10-14-28(27)20-32(31)36-22-30-18-24(12-6-2)16-26(8-4)34(30)38;2*1-2(3)4;/h9-10,13-22,37-38H,5-8,11-12H2,1-4H3;2*1H3,(H,3,4);/q;;;+2/p-2. The zero-order valence-electron chi connectivity index (χ0n) is 27.9. The minimum Gasteiger partial charge on any atom is -0.550 e. The molecule has 251 valence electrons. The number of aromatic hydroxyl groups is 2. The molecular weight excluding hydrogens is 639 g/mol. The van der Waals surface area contributed by atoms with Crippen LogP contribution in [0, 0.1) is 0 Å². The molecule has 47 heavy (non-hydrogen) atoms. The second-order valence-corrected chi connectivity index (χ2v) is 10.8. The first-order valence-electron chi connectivity index (χ1n) is 15.6. The Bertz CT molecular complexity index is 1570. The fourth-order valence-electron chi connectivity index (χ4n) is 4.88. The number of nitrogens with zero attached hydrogens (tertiary/aromatic N) is 2. The smallest absolute Gasteiger partial charge is 0.550 e. The molecule has 0 unspecified atom stereocenters. The molecule has 0 spiro atoms. The Morgan fingerprint density at radius 3 is 1.30 bits per heavy atom. The second-order valence-electron chi connectivity index (χ2n) is 10.8. The molecule has 0 aliphatic rings. The van der Waals surface area contributed by atoms with Crippen LogP contribution >= 0.6 is 0 Å². The average Bonchev–Trinajstić information content (AvgIpc) is 3.00. The molecule has 0 bridgehead atoms. The number of aliphatic imine (C=N–C) groups is 2. The molecule has 0 heterocycles. The van der Waals surface area contributed by atoms with E-state index in [0.717, 1.165) is 74.3 Å². The molecule has 8 nitrogen and oxygen atoms in total. The van der Waals surface area contributed by atoms with Gasteiger partial charge in [-0.2, -0.15) is 0 Å².